The van der Waals surface area contributed by atoms with Gasteiger partial charge in [0.15, 0.2) is 0 Å². The molecule has 0 amide bonds. The van der Waals surface area contributed by atoms with Gasteiger partial charge in [0, 0.05) is 16.7 Å². The molecule has 1 aromatic rings. The normalized spacial score (nSPS) is 17.4. The van der Waals surface area contributed by atoms with Crippen LogP contribution in [-0.2, 0) is 13.8 Å². The molecule has 0 bridgehead atoms. The molecular formula is C7H7ClN2O4S. The zero-order valence-corrected chi connectivity index (χ0v) is 9.03. The Bertz CT molecular complexity index is 534. The minimum atomic E-state index is -3.89. The Hall–Kier alpha value is -0.920. The summed E-state index contributed by atoms with van der Waals surface area (Å²) < 4.78 is 27.9. The molecule has 82 valence electrons. The number of hydrogen-bond acceptors (Lipinski definition) is 5. The van der Waals surface area contributed by atoms with Crippen LogP contribution in [0.15, 0.2) is 22.0 Å². The van der Waals surface area contributed by atoms with Crippen molar-refractivity contribution in [3.63, 3.8) is 0 Å². The van der Waals surface area contributed by atoms with Gasteiger partial charge in [0.1, 0.15) is 10.9 Å². The fourth-order valence-electron chi connectivity index (χ4n) is 1.17. The highest BCUT2D eigenvalue weighted by atomic mass is 35.7. The highest BCUT2D eigenvalue weighted by molar-refractivity contribution is 8.13. The van der Waals surface area contributed by atoms with Crippen LogP contribution in [0.2, 0.25) is 0 Å². The first kappa shape index (κ1) is 10.6. The summed E-state index contributed by atoms with van der Waals surface area (Å²) in [4.78, 5) is 11.2. The van der Waals surface area contributed by atoms with Gasteiger partial charge in [-0.1, -0.05) is 0 Å². The molecule has 6 nitrogen and oxygen atoms in total. The minimum absolute atomic E-state index is 0.107. The molecule has 0 unspecified atom stereocenters. The summed E-state index contributed by atoms with van der Waals surface area (Å²) in [6, 6.07) is 0.845. The molecule has 1 aromatic heterocycles. The van der Waals surface area contributed by atoms with E-state index in [0.717, 1.165) is 12.3 Å². The second kappa shape index (κ2) is 3.58. The lowest BCUT2D eigenvalue weighted by molar-refractivity contribution is -0.0309. The third kappa shape index (κ3) is 2.04. The number of rotatable bonds is 2. The maximum atomic E-state index is 11.4. The monoisotopic (exact) mass is 250 g/mol. The van der Waals surface area contributed by atoms with Gasteiger partial charge >= 0.3 is 0 Å². The third-order valence-corrected chi connectivity index (χ3v) is 3.37. The Morgan fingerprint density at radius 2 is 2.20 bits per heavy atom. The Labute approximate surface area is 89.8 Å². The summed E-state index contributed by atoms with van der Waals surface area (Å²) in [7, 11) is 1.18. The SMILES string of the molecule is O=c1cc(S(=O)(=O)Cl)cnn1C1COC1. The van der Waals surface area contributed by atoms with Crippen LogP contribution in [0.5, 0.6) is 0 Å². The van der Waals surface area contributed by atoms with Crippen molar-refractivity contribution in [3.05, 3.63) is 22.6 Å². The highest BCUT2D eigenvalue weighted by Crippen LogP contribution is 2.15. The van der Waals surface area contributed by atoms with Gasteiger partial charge in [-0.15, -0.1) is 0 Å². The summed E-state index contributed by atoms with van der Waals surface area (Å²) >= 11 is 0. The van der Waals surface area contributed by atoms with E-state index in [1.165, 1.54) is 4.68 Å². The number of nitrogens with zero attached hydrogens (tertiary/aromatic N) is 2. The second-order valence-electron chi connectivity index (χ2n) is 3.10. The van der Waals surface area contributed by atoms with Crippen molar-refractivity contribution in [1.29, 1.82) is 0 Å². The molecule has 0 saturated carbocycles. The zero-order chi connectivity index (χ0) is 11.1. The maximum Gasteiger partial charge on any atom is 0.268 e. The predicted octanol–water partition coefficient (Wildman–Crippen LogP) is -0.258. The summed E-state index contributed by atoms with van der Waals surface area (Å²) in [6.07, 6.45) is 1.06. The molecule has 15 heavy (non-hydrogen) atoms. The quantitative estimate of drug-likeness (QED) is 0.676. The van der Waals surface area contributed by atoms with Gasteiger partial charge in [-0.3, -0.25) is 4.79 Å². The van der Waals surface area contributed by atoms with Crippen LogP contribution in [0, 0.1) is 0 Å². The molecule has 0 spiro atoms. The van der Waals surface area contributed by atoms with Crippen molar-refractivity contribution in [2.45, 2.75) is 10.9 Å². The second-order valence-corrected chi connectivity index (χ2v) is 5.67. The van der Waals surface area contributed by atoms with Crippen molar-refractivity contribution in [2.24, 2.45) is 0 Å². The van der Waals surface area contributed by atoms with Gasteiger partial charge in [-0.2, -0.15) is 5.10 Å². The summed E-state index contributed by atoms with van der Waals surface area (Å²) in [5.74, 6) is 0. The largest absolute Gasteiger partial charge is 0.377 e. The van der Waals surface area contributed by atoms with Gasteiger partial charge in [0.2, 0.25) is 0 Å². The average Bonchev–Trinajstić information content (AvgIpc) is 2.03. The number of ether oxygens (including phenoxy) is 1. The molecule has 0 aromatic carbocycles. The Balaban J connectivity index is 2.43. The molecular weight excluding hydrogens is 244 g/mol. The predicted molar refractivity (Wildman–Crippen MR) is 51.4 cm³/mol. The molecule has 0 aliphatic carbocycles. The summed E-state index contributed by atoms with van der Waals surface area (Å²) in [6.45, 7) is 0.833. The third-order valence-electron chi connectivity index (χ3n) is 2.05. The fraction of sp³-hybridized carbons (Fsp3) is 0.429. The fourth-order valence-corrected chi connectivity index (χ4v) is 1.84. The van der Waals surface area contributed by atoms with E-state index in [1.54, 1.807) is 0 Å². The smallest absolute Gasteiger partial charge is 0.268 e. The maximum absolute atomic E-state index is 11.4. The lowest BCUT2D eigenvalue weighted by Gasteiger charge is -2.26. The summed E-state index contributed by atoms with van der Waals surface area (Å²) in [5, 5.41) is 3.73. The molecule has 0 radical (unpaired) electrons. The van der Waals surface area contributed by atoms with E-state index in [4.69, 9.17) is 15.4 Å². The average molecular weight is 251 g/mol. The van der Waals surface area contributed by atoms with Crippen molar-refractivity contribution >= 4 is 19.7 Å². The Kier molecular flexibility index (Phi) is 2.53. The van der Waals surface area contributed by atoms with Crippen LogP contribution >= 0.6 is 10.7 Å². The lowest BCUT2D eigenvalue weighted by atomic mass is 10.3. The van der Waals surface area contributed by atoms with Crippen molar-refractivity contribution in [3.8, 4) is 0 Å². The van der Waals surface area contributed by atoms with Crippen molar-refractivity contribution < 1.29 is 13.2 Å². The van der Waals surface area contributed by atoms with Crippen LogP contribution in [0.25, 0.3) is 0 Å². The first-order valence-corrected chi connectivity index (χ1v) is 6.41. The number of halogens is 1. The topological polar surface area (TPSA) is 78.3 Å². The lowest BCUT2D eigenvalue weighted by Crippen LogP contribution is -2.38. The van der Waals surface area contributed by atoms with Gasteiger partial charge in [-0.05, 0) is 0 Å². The molecule has 0 atom stereocenters. The van der Waals surface area contributed by atoms with E-state index in [-0.39, 0.29) is 10.9 Å². The first-order valence-electron chi connectivity index (χ1n) is 4.10. The van der Waals surface area contributed by atoms with Gasteiger partial charge in [0.05, 0.1) is 19.4 Å². The molecule has 1 saturated heterocycles. The highest BCUT2D eigenvalue weighted by Gasteiger charge is 2.23. The number of hydrogen-bond donors (Lipinski definition) is 0. The standard InChI is InChI=1S/C7H7ClN2O4S/c8-15(12,13)6-1-7(11)10(9-2-6)5-3-14-4-5/h1-2,5H,3-4H2. The molecule has 0 N–H and O–H groups in total. The van der Waals surface area contributed by atoms with Crippen LogP contribution in [0.1, 0.15) is 6.04 Å². The first-order chi connectivity index (χ1) is 6.98. The molecule has 1 aliphatic heterocycles. The molecule has 2 heterocycles. The van der Waals surface area contributed by atoms with Gasteiger partial charge < -0.3 is 4.74 Å². The molecule has 1 fully saturated rings. The Morgan fingerprint density at radius 1 is 1.53 bits per heavy atom. The van der Waals surface area contributed by atoms with Gasteiger partial charge in [-0.25, -0.2) is 13.1 Å². The Morgan fingerprint density at radius 3 is 2.60 bits per heavy atom. The minimum Gasteiger partial charge on any atom is -0.377 e. The van der Waals surface area contributed by atoms with Crippen LogP contribution in [0.3, 0.4) is 0 Å². The van der Waals surface area contributed by atoms with E-state index < -0.39 is 14.6 Å². The molecule has 2 rings (SSSR count). The zero-order valence-electron chi connectivity index (χ0n) is 7.46. The van der Waals surface area contributed by atoms with E-state index in [9.17, 15) is 13.2 Å². The van der Waals surface area contributed by atoms with Gasteiger partial charge in [0.25, 0.3) is 14.6 Å². The summed E-state index contributed by atoms with van der Waals surface area (Å²) in [5.41, 5.74) is -0.495. The van der Waals surface area contributed by atoms with Crippen LogP contribution in [0.4, 0.5) is 0 Å². The van der Waals surface area contributed by atoms with E-state index >= 15 is 0 Å². The van der Waals surface area contributed by atoms with Crippen molar-refractivity contribution in [2.75, 3.05) is 13.2 Å². The van der Waals surface area contributed by atoms with Crippen LogP contribution < -0.4 is 5.56 Å². The van der Waals surface area contributed by atoms with E-state index in [2.05, 4.69) is 5.10 Å². The van der Waals surface area contributed by atoms with E-state index in [1.807, 2.05) is 0 Å². The van der Waals surface area contributed by atoms with E-state index in [0.29, 0.717) is 13.2 Å². The number of aromatic nitrogens is 2. The molecule has 1 aliphatic rings. The van der Waals surface area contributed by atoms with Crippen LogP contribution in [-0.4, -0.2) is 31.4 Å². The van der Waals surface area contributed by atoms with Crippen molar-refractivity contribution in [1.82, 2.24) is 9.78 Å². The molecule has 8 heteroatoms.